The van der Waals surface area contributed by atoms with E-state index in [4.69, 9.17) is 9.47 Å². The molecule has 2 aromatic rings. The van der Waals surface area contributed by atoms with Gasteiger partial charge < -0.3 is 20.1 Å². The summed E-state index contributed by atoms with van der Waals surface area (Å²) in [5, 5.41) is 6.29. The highest BCUT2D eigenvalue weighted by Crippen LogP contribution is 2.34. The molecule has 0 aromatic heterocycles. The van der Waals surface area contributed by atoms with Gasteiger partial charge in [0.25, 0.3) is 0 Å². The molecule has 1 amide bonds. The number of benzene rings is 2. The van der Waals surface area contributed by atoms with Crippen molar-refractivity contribution >= 4 is 27.5 Å². The molecule has 2 aromatic carbocycles. The molecule has 0 aliphatic carbocycles. The van der Waals surface area contributed by atoms with E-state index in [0.717, 1.165) is 28.7 Å². The third kappa shape index (κ3) is 7.13. The summed E-state index contributed by atoms with van der Waals surface area (Å²) in [6.45, 7) is 6.40. The average molecular weight is 435 g/mol. The topological polar surface area (TPSA) is 59.6 Å². The summed E-state index contributed by atoms with van der Waals surface area (Å²) in [5.74, 6) is 1.34. The maximum atomic E-state index is 12.3. The fourth-order valence-corrected chi connectivity index (χ4v) is 3.05. The second-order valence-electron chi connectivity index (χ2n) is 5.93. The number of amides is 1. The second-order valence-corrected chi connectivity index (χ2v) is 6.78. The Hall–Kier alpha value is -2.21. The number of para-hydroxylation sites is 1. The number of ether oxygens (including phenoxy) is 2. The summed E-state index contributed by atoms with van der Waals surface area (Å²) >= 11 is 3.52. The van der Waals surface area contributed by atoms with Gasteiger partial charge in [0.15, 0.2) is 11.5 Å². The quantitative estimate of drug-likeness (QED) is 0.514. The zero-order chi connectivity index (χ0) is 19.5. The van der Waals surface area contributed by atoms with Crippen molar-refractivity contribution in [1.29, 1.82) is 0 Å². The molecular weight excluding hydrogens is 408 g/mol. The van der Waals surface area contributed by atoms with Gasteiger partial charge in [0.2, 0.25) is 5.91 Å². The molecule has 0 saturated heterocycles. The number of rotatable bonds is 11. The lowest BCUT2D eigenvalue weighted by atomic mass is 10.1. The highest BCUT2D eigenvalue weighted by atomic mass is 79.9. The molecule has 0 atom stereocenters. The number of nitrogens with one attached hydrogen (secondary N) is 2. The number of hydrogen-bond donors (Lipinski definition) is 2. The van der Waals surface area contributed by atoms with Gasteiger partial charge in [-0.05, 0) is 50.1 Å². The minimum atomic E-state index is -0.0120. The Morgan fingerprint density at radius 2 is 1.67 bits per heavy atom. The minimum absolute atomic E-state index is 0.0120. The van der Waals surface area contributed by atoms with Gasteiger partial charge in [-0.1, -0.05) is 34.1 Å². The van der Waals surface area contributed by atoms with Crippen molar-refractivity contribution in [3.05, 3.63) is 52.5 Å². The summed E-state index contributed by atoms with van der Waals surface area (Å²) in [6, 6.07) is 13.8. The zero-order valence-electron chi connectivity index (χ0n) is 15.9. The Labute approximate surface area is 169 Å². The van der Waals surface area contributed by atoms with E-state index >= 15 is 0 Å². The summed E-state index contributed by atoms with van der Waals surface area (Å²) < 4.78 is 12.1. The van der Waals surface area contributed by atoms with Crippen molar-refractivity contribution in [1.82, 2.24) is 5.32 Å². The van der Waals surface area contributed by atoms with Crippen LogP contribution in [0.3, 0.4) is 0 Å². The van der Waals surface area contributed by atoms with Crippen molar-refractivity contribution in [3.8, 4) is 11.5 Å². The van der Waals surface area contributed by atoms with E-state index in [9.17, 15) is 4.79 Å². The molecule has 0 aliphatic heterocycles. The fourth-order valence-electron chi connectivity index (χ4n) is 2.59. The minimum Gasteiger partial charge on any atom is -0.490 e. The van der Waals surface area contributed by atoms with E-state index in [2.05, 4.69) is 26.6 Å². The molecule has 5 nitrogen and oxygen atoms in total. The van der Waals surface area contributed by atoms with E-state index in [1.807, 2.05) is 56.3 Å². The van der Waals surface area contributed by atoms with Crippen LogP contribution >= 0.6 is 15.9 Å². The number of carbonyl (C=O) groups is 1. The summed E-state index contributed by atoms with van der Waals surface area (Å²) in [7, 11) is 0. The molecule has 2 rings (SSSR count). The summed E-state index contributed by atoms with van der Waals surface area (Å²) in [5.41, 5.74) is 1.97. The lowest BCUT2D eigenvalue weighted by Crippen LogP contribution is -2.27. The van der Waals surface area contributed by atoms with E-state index in [1.165, 1.54) is 0 Å². The van der Waals surface area contributed by atoms with Crippen molar-refractivity contribution < 1.29 is 14.3 Å². The predicted octanol–water partition coefficient (Wildman–Crippen LogP) is 4.41. The number of carbonyl (C=O) groups excluding carboxylic acids is 1. The smallest absolute Gasteiger partial charge is 0.224 e. The molecule has 0 bridgehead atoms. The van der Waals surface area contributed by atoms with E-state index < -0.39 is 0 Å². The third-order valence-electron chi connectivity index (χ3n) is 3.84. The molecule has 0 aliphatic rings. The van der Waals surface area contributed by atoms with Gasteiger partial charge in [-0.2, -0.15) is 0 Å². The highest BCUT2D eigenvalue weighted by Gasteiger charge is 2.13. The first kappa shape index (κ1) is 21.1. The molecule has 0 heterocycles. The van der Waals surface area contributed by atoms with E-state index in [0.29, 0.717) is 37.7 Å². The zero-order valence-corrected chi connectivity index (χ0v) is 17.5. The Balaban J connectivity index is 1.81. The van der Waals surface area contributed by atoms with Crippen molar-refractivity contribution in [2.75, 3.05) is 31.6 Å². The Morgan fingerprint density at radius 1 is 1.00 bits per heavy atom. The van der Waals surface area contributed by atoms with Crippen molar-refractivity contribution in [2.45, 2.75) is 26.7 Å². The van der Waals surface area contributed by atoms with Crippen LogP contribution in [0.4, 0.5) is 5.69 Å². The molecule has 6 heteroatoms. The van der Waals surface area contributed by atoms with Gasteiger partial charge in [-0.25, -0.2) is 0 Å². The van der Waals surface area contributed by atoms with Crippen molar-refractivity contribution in [3.63, 3.8) is 0 Å². The number of hydrogen-bond acceptors (Lipinski definition) is 4. The predicted molar refractivity (Wildman–Crippen MR) is 113 cm³/mol. The second kappa shape index (κ2) is 11.5. The van der Waals surface area contributed by atoms with Gasteiger partial charge in [0.05, 0.1) is 19.6 Å². The van der Waals surface area contributed by atoms with Gasteiger partial charge in [0, 0.05) is 23.2 Å². The first-order valence-electron chi connectivity index (χ1n) is 9.27. The highest BCUT2D eigenvalue weighted by molar-refractivity contribution is 9.10. The SMILES string of the molecule is CCOc1cc(Br)c(CC(=O)NCCCNc2ccccc2)cc1OCC. The molecule has 0 radical (unpaired) electrons. The lowest BCUT2D eigenvalue weighted by molar-refractivity contribution is -0.120. The van der Waals surface area contributed by atoms with Crippen LogP contribution in [0, 0.1) is 0 Å². The molecule has 27 heavy (non-hydrogen) atoms. The molecule has 0 saturated carbocycles. The van der Waals surface area contributed by atoms with Gasteiger partial charge in [-0.3, -0.25) is 4.79 Å². The third-order valence-corrected chi connectivity index (χ3v) is 4.58. The van der Waals surface area contributed by atoms with Crippen LogP contribution < -0.4 is 20.1 Å². The standard InChI is InChI=1S/C21H27BrN2O3/c1-3-26-19-13-16(18(22)15-20(19)27-4-2)14-21(25)24-12-8-11-23-17-9-6-5-7-10-17/h5-7,9-10,13,15,23H,3-4,8,11-12,14H2,1-2H3,(H,24,25). The number of halogens is 1. The maximum absolute atomic E-state index is 12.3. The maximum Gasteiger partial charge on any atom is 0.224 e. The Morgan fingerprint density at radius 3 is 2.33 bits per heavy atom. The molecule has 0 spiro atoms. The van der Waals surface area contributed by atoms with E-state index in [-0.39, 0.29) is 5.91 Å². The molecule has 0 unspecified atom stereocenters. The van der Waals surface area contributed by atoms with Crippen molar-refractivity contribution in [2.24, 2.45) is 0 Å². The normalized spacial score (nSPS) is 10.3. The first-order chi connectivity index (χ1) is 13.1. The summed E-state index contributed by atoms with van der Waals surface area (Å²) in [4.78, 5) is 12.3. The van der Waals surface area contributed by atoms with Gasteiger partial charge >= 0.3 is 0 Å². The van der Waals surface area contributed by atoms with Crippen LogP contribution in [-0.4, -0.2) is 32.2 Å². The van der Waals surface area contributed by atoms with Crippen LogP contribution in [0.15, 0.2) is 46.9 Å². The Bertz CT molecular complexity index is 723. The monoisotopic (exact) mass is 434 g/mol. The Kier molecular flexibility index (Phi) is 8.98. The van der Waals surface area contributed by atoms with Crippen LogP contribution in [-0.2, 0) is 11.2 Å². The van der Waals surface area contributed by atoms with Crippen LogP contribution in [0.2, 0.25) is 0 Å². The van der Waals surface area contributed by atoms with Crippen LogP contribution in [0.1, 0.15) is 25.8 Å². The average Bonchev–Trinajstić information content (AvgIpc) is 2.66. The first-order valence-corrected chi connectivity index (χ1v) is 10.1. The molecular formula is C21H27BrN2O3. The summed E-state index contributed by atoms with van der Waals surface area (Å²) in [6.07, 6.45) is 1.15. The fraction of sp³-hybridized carbons (Fsp3) is 0.381. The number of anilines is 1. The van der Waals surface area contributed by atoms with Crippen LogP contribution in [0.5, 0.6) is 11.5 Å². The van der Waals surface area contributed by atoms with Crippen LogP contribution in [0.25, 0.3) is 0 Å². The largest absolute Gasteiger partial charge is 0.490 e. The molecule has 2 N–H and O–H groups in total. The van der Waals surface area contributed by atoms with Gasteiger partial charge in [-0.15, -0.1) is 0 Å². The molecule has 146 valence electrons. The lowest BCUT2D eigenvalue weighted by Gasteiger charge is -2.14. The molecule has 0 fully saturated rings. The van der Waals surface area contributed by atoms with Gasteiger partial charge in [0.1, 0.15) is 0 Å². The van der Waals surface area contributed by atoms with E-state index in [1.54, 1.807) is 0 Å².